The number of ether oxygens (including phenoxy) is 1. The summed E-state index contributed by atoms with van der Waals surface area (Å²) in [5, 5.41) is 9.48. The van der Waals surface area contributed by atoms with Crippen LogP contribution in [0.5, 0.6) is 17.4 Å². The molecule has 0 aliphatic carbocycles. The summed E-state index contributed by atoms with van der Waals surface area (Å²) in [5.74, 6) is -0.972. The number of pyridine rings is 1. The predicted octanol–water partition coefficient (Wildman–Crippen LogP) is 4.36. The van der Waals surface area contributed by atoms with E-state index >= 15 is 0 Å². The van der Waals surface area contributed by atoms with E-state index in [0.29, 0.717) is 0 Å². The van der Waals surface area contributed by atoms with Crippen molar-refractivity contribution in [3.8, 4) is 17.4 Å². The molecule has 3 nitrogen and oxygen atoms in total. The Balaban J connectivity index is 2.44. The van der Waals surface area contributed by atoms with Gasteiger partial charge in [-0.3, -0.25) is 0 Å². The highest BCUT2D eigenvalue weighted by molar-refractivity contribution is 9.10. The Hall–Kier alpha value is -1.76. The number of hydrogen-bond donors (Lipinski definition) is 1. The van der Waals surface area contributed by atoms with Gasteiger partial charge in [-0.25, -0.2) is 4.98 Å². The smallest absolute Gasteiger partial charge is 0.421 e. The fourth-order valence-electron chi connectivity index (χ4n) is 1.36. The Morgan fingerprint density at radius 3 is 2.53 bits per heavy atom. The Labute approximate surface area is 114 Å². The summed E-state index contributed by atoms with van der Waals surface area (Å²) in [6.45, 7) is 0. The van der Waals surface area contributed by atoms with Crippen molar-refractivity contribution in [2.75, 3.05) is 0 Å². The van der Waals surface area contributed by atoms with Crippen LogP contribution >= 0.6 is 15.9 Å². The van der Waals surface area contributed by atoms with Crippen LogP contribution in [-0.2, 0) is 6.18 Å². The molecule has 0 aliphatic heterocycles. The molecule has 19 heavy (non-hydrogen) atoms. The SMILES string of the molecule is Oc1ccccc1Oc1ncc(Br)cc1C(F)(F)F. The maximum Gasteiger partial charge on any atom is 0.421 e. The van der Waals surface area contributed by atoms with Crippen molar-refractivity contribution in [2.45, 2.75) is 6.18 Å². The summed E-state index contributed by atoms with van der Waals surface area (Å²) in [7, 11) is 0. The van der Waals surface area contributed by atoms with Gasteiger partial charge >= 0.3 is 6.18 Å². The largest absolute Gasteiger partial charge is 0.504 e. The first-order valence-electron chi connectivity index (χ1n) is 5.06. The molecule has 2 rings (SSSR count). The normalized spacial score (nSPS) is 11.4. The molecule has 0 atom stereocenters. The Kier molecular flexibility index (Phi) is 3.66. The minimum atomic E-state index is -4.60. The number of aromatic nitrogens is 1. The topological polar surface area (TPSA) is 42.4 Å². The number of aromatic hydroxyl groups is 1. The molecule has 100 valence electrons. The lowest BCUT2D eigenvalue weighted by molar-refractivity contribution is -0.138. The highest BCUT2D eigenvalue weighted by Crippen LogP contribution is 2.39. The number of hydrogen-bond acceptors (Lipinski definition) is 3. The molecule has 7 heteroatoms. The average molecular weight is 334 g/mol. The predicted molar refractivity (Wildman–Crippen MR) is 65.1 cm³/mol. The van der Waals surface area contributed by atoms with Crippen LogP contribution in [0.2, 0.25) is 0 Å². The summed E-state index contributed by atoms with van der Waals surface area (Å²) in [5.41, 5.74) is -1.02. The van der Waals surface area contributed by atoms with Crippen molar-refractivity contribution in [1.82, 2.24) is 4.98 Å². The van der Waals surface area contributed by atoms with E-state index in [1.54, 1.807) is 0 Å². The standard InChI is InChI=1S/C12H7BrF3NO2/c13-7-5-8(12(14,15)16)11(17-6-7)19-10-4-2-1-3-9(10)18/h1-6,18H. The second kappa shape index (κ2) is 5.08. The van der Waals surface area contributed by atoms with Gasteiger partial charge in [-0.15, -0.1) is 0 Å². The molecule has 0 amide bonds. The van der Waals surface area contributed by atoms with Crippen LogP contribution in [0, 0.1) is 0 Å². The minimum Gasteiger partial charge on any atom is -0.504 e. The maximum atomic E-state index is 12.8. The van der Waals surface area contributed by atoms with Gasteiger partial charge in [-0.2, -0.15) is 13.2 Å². The first kappa shape index (κ1) is 13.7. The summed E-state index contributed by atoms with van der Waals surface area (Å²) in [4.78, 5) is 3.58. The summed E-state index contributed by atoms with van der Waals surface area (Å²) >= 11 is 2.92. The van der Waals surface area contributed by atoms with E-state index in [4.69, 9.17) is 4.74 Å². The third-order valence-corrected chi connectivity index (χ3v) is 2.63. The number of nitrogens with zero attached hydrogens (tertiary/aromatic N) is 1. The molecule has 0 saturated carbocycles. The number of benzene rings is 1. The third-order valence-electron chi connectivity index (χ3n) is 2.20. The number of para-hydroxylation sites is 2. The molecule has 0 spiro atoms. The molecule has 1 aromatic heterocycles. The number of halogens is 4. The molecule has 0 unspecified atom stereocenters. The Bertz CT molecular complexity index is 602. The van der Waals surface area contributed by atoms with E-state index in [-0.39, 0.29) is 16.0 Å². The number of alkyl halides is 3. The van der Waals surface area contributed by atoms with Crippen LogP contribution in [0.4, 0.5) is 13.2 Å². The van der Waals surface area contributed by atoms with Crippen molar-refractivity contribution in [3.63, 3.8) is 0 Å². The summed E-state index contributed by atoms with van der Waals surface area (Å²) < 4.78 is 43.7. The highest BCUT2D eigenvalue weighted by atomic mass is 79.9. The molecular formula is C12H7BrF3NO2. The molecule has 2 aromatic rings. The van der Waals surface area contributed by atoms with Gasteiger partial charge in [0.2, 0.25) is 5.88 Å². The Morgan fingerprint density at radius 1 is 1.21 bits per heavy atom. The van der Waals surface area contributed by atoms with E-state index in [2.05, 4.69) is 20.9 Å². The quantitative estimate of drug-likeness (QED) is 0.887. The van der Waals surface area contributed by atoms with Crippen LogP contribution in [0.3, 0.4) is 0 Å². The molecular weight excluding hydrogens is 327 g/mol. The molecule has 1 heterocycles. The van der Waals surface area contributed by atoms with E-state index < -0.39 is 17.6 Å². The van der Waals surface area contributed by atoms with E-state index in [1.807, 2.05) is 0 Å². The fourth-order valence-corrected chi connectivity index (χ4v) is 1.69. The second-order valence-electron chi connectivity index (χ2n) is 3.57. The van der Waals surface area contributed by atoms with Gasteiger partial charge in [0.05, 0.1) is 0 Å². The first-order chi connectivity index (χ1) is 8.88. The van der Waals surface area contributed by atoms with Gasteiger partial charge in [0, 0.05) is 10.7 Å². The third kappa shape index (κ3) is 3.17. The van der Waals surface area contributed by atoms with Crippen LogP contribution in [0.1, 0.15) is 5.56 Å². The van der Waals surface area contributed by atoms with E-state index in [0.717, 1.165) is 6.07 Å². The summed E-state index contributed by atoms with van der Waals surface area (Å²) in [6.07, 6.45) is -3.42. The van der Waals surface area contributed by atoms with Gasteiger partial charge < -0.3 is 9.84 Å². The number of phenolic OH excluding ortho intramolecular Hbond substituents is 1. The van der Waals surface area contributed by atoms with Crippen molar-refractivity contribution in [1.29, 1.82) is 0 Å². The van der Waals surface area contributed by atoms with Crippen LogP contribution in [-0.4, -0.2) is 10.1 Å². The fraction of sp³-hybridized carbons (Fsp3) is 0.0833. The van der Waals surface area contributed by atoms with Gasteiger partial charge in [0.1, 0.15) is 5.56 Å². The minimum absolute atomic E-state index is 0.0946. The van der Waals surface area contributed by atoms with Crippen molar-refractivity contribution in [2.24, 2.45) is 0 Å². The lowest BCUT2D eigenvalue weighted by atomic mass is 10.2. The average Bonchev–Trinajstić information content (AvgIpc) is 2.33. The van der Waals surface area contributed by atoms with Gasteiger partial charge in [0.25, 0.3) is 0 Å². The number of phenols is 1. The lowest BCUT2D eigenvalue weighted by Gasteiger charge is -2.13. The highest BCUT2D eigenvalue weighted by Gasteiger charge is 2.36. The van der Waals surface area contributed by atoms with E-state index in [9.17, 15) is 18.3 Å². The van der Waals surface area contributed by atoms with Crippen LogP contribution < -0.4 is 4.74 Å². The first-order valence-corrected chi connectivity index (χ1v) is 5.86. The van der Waals surface area contributed by atoms with Crippen molar-refractivity contribution in [3.05, 3.63) is 46.6 Å². The molecule has 0 saturated heterocycles. The Morgan fingerprint density at radius 2 is 1.89 bits per heavy atom. The monoisotopic (exact) mass is 333 g/mol. The maximum absolute atomic E-state index is 12.8. The zero-order valence-electron chi connectivity index (χ0n) is 9.28. The van der Waals surface area contributed by atoms with Crippen molar-refractivity contribution < 1.29 is 23.0 Å². The molecule has 0 bridgehead atoms. The second-order valence-corrected chi connectivity index (χ2v) is 4.49. The molecule has 0 radical (unpaired) electrons. The zero-order chi connectivity index (χ0) is 14.0. The number of rotatable bonds is 2. The summed E-state index contributed by atoms with van der Waals surface area (Å²) in [6, 6.07) is 6.58. The lowest BCUT2D eigenvalue weighted by Crippen LogP contribution is -2.08. The molecule has 0 fully saturated rings. The van der Waals surface area contributed by atoms with Crippen LogP contribution in [0.25, 0.3) is 0 Å². The van der Waals surface area contributed by atoms with Crippen LogP contribution in [0.15, 0.2) is 41.0 Å². The van der Waals surface area contributed by atoms with Gasteiger partial charge in [-0.05, 0) is 34.1 Å². The van der Waals surface area contributed by atoms with Gasteiger partial charge in [-0.1, -0.05) is 12.1 Å². The van der Waals surface area contributed by atoms with Gasteiger partial charge in [0.15, 0.2) is 11.5 Å². The molecule has 1 N–H and O–H groups in total. The van der Waals surface area contributed by atoms with E-state index in [1.165, 1.54) is 30.5 Å². The molecule has 1 aromatic carbocycles. The van der Waals surface area contributed by atoms with Crippen molar-refractivity contribution >= 4 is 15.9 Å². The molecule has 0 aliphatic rings. The zero-order valence-corrected chi connectivity index (χ0v) is 10.9.